The number of carbonyl (C=O) groups excluding carboxylic acids is 2. The highest BCUT2D eigenvalue weighted by Gasteiger charge is 2.31. The van der Waals surface area contributed by atoms with Gasteiger partial charge in [0.2, 0.25) is 11.8 Å². The van der Waals surface area contributed by atoms with Crippen LogP contribution in [-0.4, -0.2) is 35.8 Å². The maximum atomic E-state index is 12.4. The number of rotatable bonds is 4. The van der Waals surface area contributed by atoms with E-state index >= 15 is 0 Å². The summed E-state index contributed by atoms with van der Waals surface area (Å²) >= 11 is 1.67. The molecule has 1 aliphatic heterocycles. The predicted octanol–water partition coefficient (Wildman–Crippen LogP) is 1.66. The highest BCUT2D eigenvalue weighted by atomic mass is 32.1. The van der Waals surface area contributed by atoms with Gasteiger partial charge in [-0.25, -0.2) is 0 Å². The minimum atomic E-state index is -0.377. The Kier molecular flexibility index (Phi) is 4.58. The van der Waals surface area contributed by atoms with Crippen LogP contribution in [0.5, 0.6) is 0 Å². The molecule has 0 aliphatic carbocycles. The number of carbonyl (C=O) groups is 2. The summed E-state index contributed by atoms with van der Waals surface area (Å²) in [5, 5.41) is 6.97. The maximum Gasteiger partial charge on any atom is 0.245 e. The van der Waals surface area contributed by atoms with Crippen LogP contribution < -0.4 is 5.32 Å². The minimum Gasteiger partial charge on any atom is -0.344 e. The summed E-state index contributed by atoms with van der Waals surface area (Å²) in [6.07, 6.45) is 1.26. The number of amides is 2. The second-order valence-electron chi connectivity index (χ2n) is 5.25. The Morgan fingerprint density at radius 2 is 2.26 bits per heavy atom. The molecule has 104 valence electrons. The highest BCUT2D eigenvalue weighted by molar-refractivity contribution is 7.07. The Labute approximate surface area is 117 Å². The Morgan fingerprint density at radius 1 is 1.47 bits per heavy atom. The fourth-order valence-corrected chi connectivity index (χ4v) is 2.93. The molecule has 2 amide bonds. The molecule has 0 bridgehead atoms. The monoisotopic (exact) mass is 280 g/mol. The molecule has 0 spiro atoms. The van der Waals surface area contributed by atoms with E-state index in [1.165, 1.54) is 5.56 Å². The second kappa shape index (κ2) is 6.19. The third-order valence-corrected chi connectivity index (χ3v) is 4.15. The highest BCUT2D eigenvalue weighted by Crippen LogP contribution is 2.13. The summed E-state index contributed by atoms with van der Waals surface area (Å²) in [5.74, 6) is 0.152. The van der Waals surface area contributed by atoms with Crippen LogP contribution in [0.15, 0.2) is 16.8 Å². The van der Waals surface area contributed by atoms with Crippen LogP contribution in [0.3, 0.4) is 0 Å². The molecule has 1 aliphatic rings. The van der Waals surface area contributed by atoms with E-state index in [2.05, 4.69) is 16.8 Å². The van der Waals surface area contributed by atoms with Gasteiger partial charge in [-0.1, -0.05) is 13.8 Å². The first-order valence-electron chi connectivity index (χ1n) is 6.67. The van der Waals surface area contributed by atoms with Crippen molar-refractivity contribution in [3.05, 3.63) is 22.4 Å². The van der Waals surface area contributed by atoms with Gasteiger partial charge >= 0.3 is 0 Å². The smallest absolute Gasteiger partial charge is 0.245 e. The molecule has 0 aromatic carbocycles. The molecule has 1 N–H and O–H groups in total. The summed E-state index contributed by atoms with van der Waals surface area (Å²) < 4.78 is 0. The largest absolute Gasteiger partial charge is 0.344 e. The van der Waals surface area contributed by atoms with Crippen molar-refractivity contribution in [3.8, 4) is 0 Å². The van der Waals surface area contributed by atoms with E-state index in [4.69, 9.17) is 0 Å². The van der Waals surface area contributed by atoms with Gasteiger partial charge in [-0.3, -0.25) is 9.59 Å². The van der Waals surface area contributed by atoms with Crippen LogP contribution >= 0.6 is 11.3 Å². The quantitative estimate of drug-likeness (QED) is 0.912. The van der Waals surface area contributed by atoms with Crippen LogP contribution in [-0.2, 0) is 16.0 Å². The summed E-state index contributed by atoms with van der Waals surface area (Å²) in [7, 11) is 0. The van der Waals surface area contributed by atoms with E-state index in [1.54, 1.807) is 11.3 Å². The average molecular weight is 280 g/mol. The first-order valence-corrected chi connectivity index (χ1v) is 7.61. The fraction of sp³-hybridized carbons (Fsp3) is 0.571. The minimum absolute atomic E-state index is 0.0231. The first kappa shape index (κ1) is 14.1. The Morgan fingerprint density at radius 3 is 2.89 bits per heavy atom. The lowest BCUT2D eigenvalue weighted by atomic mass is 10.0. The molecule has 0 radical (unpaired) electrons. The molecule has 1 fully saturated rings. The number of hydrogen-bond acceptors (Lipinski definition) is 3. The van der Waals surface area contributed by atoms with Gasteiger partial charge in [0, 0.05) is 19.5 Å². The van der Waals surface area contributed by atoms with Gasteiger partial charge in [0.15, 0.2) is 0 Å². The van der Waals surface area contributed by atoms with Crippen LogP contribution in [0.4, 0.5) is 0 Å². The van der Waals surface area contributed by atoms with Crippen molar-refractivity contribution in [2.45, 2.75) is 32.7 Å². The van der Waals surface area contributed by atoms with Gasteiger partial charge in [0.05, 0.1) is 0 Å². The standard InChI is InChI=1S/C14H20N2O2S/c1-10(2)13-14(18)16(7-4-12(17)15-13)6-3-11-5-8-19-9-11/h5,8-10,13H,3-4,6-7H2,1-2H3,(H,15,17). The summed E-state index contributed by atoms with van der Waals surface area (Å²) in [4.78, 5) is 25.9. The number of nitrogens with zero attached hydrogens (tertiary/aromatic N) is 1. The molecule has 4 nitrogen and oxygen atoms in total. The predicted molar refractivity (Wildman–Crippen MR) is 76.0 cm³/mol. The number of nitrogens with one attached hydrogen (secondary N) is 1. The third kappa shape index (κ3) is 3.56. The molecule has 1 unspecified atom stereocenters. The Balaban J connectivity index is 2.01. The normalized spacial score (nSPS) is 20.6. The molecule has 0 saturated carbocycles. The summed E-state index contributed by atoms with van der Waals surface area (Å²) in [6.45, 7) is 5.14. The zero-order valence-corrected chi connectivity index (χ0v) is 12.2. The van der Waals surface area contributed by atoms with Crippen LogP contribution in [0.1, 0.15) is 25.8 Å². The molecule has 1 atom stereocenters. The van der Waals surface area contributed by atoms with Gasteiger partial charge in [0.25, 0.3) is 0 Å². The lowest BCUT2D eigenvalue weighted by Crippen LogP contribution is -2.48. The SMILES string of the molecule is CC(C)C1NC(=O)CCN(CCc2ccsc2)C1=O. The van der Waals surface area contributed by atoms with Gasteiger partial charge < -0.3 is 10.2 Å². The van der Waals surface area contributed by atoms with Crippen LogP contribution in [0.25, 0.3) is 0 Å². The van der Waals surface area contributed by atoms with Gasteiger partial charge in [-0.15, -0.1) is 0 Å². The number of hydrogen-bond donors (Lipinski definition) is 1. The molecule has 19 heavy (non-hydrogen) atoms. The first-order chi connectivity index (χ1) is 9.08. The van der Waals surface area contributed by atoms with Crippen molar-refractivity contribution >= 4 is 23.2 Å². The van der Waals surface area contributed by atoms with Crippen molar-refractivity contribution in [1.82, 2.24) is 10.2 Å². The molecule has 1 saturated heterocycles. The Hall–Kier alpha value is -1.36. The zero-order chi connectivity index (χ0) is 13.8. The molecule has 1 aromatic heterocycles. The van der Waals surface area contributed by atoms with E-state index in [1.807, 2.05) is 24.1 Å². The average Bonchev–Trinajstić information content (AvgIpc) is 2.83. The second-order valence-corrected chi connectivity index (χ2v) is 6.03. The van der Waals surface area contributed by atoms with Crippen molar-refractivity contribution in [1.29, 1.82) is 0 Å². The number of thiophene rings is 1. The van der Waals surface area contributed by atoms with Gasteiger partial charge in [-0.2, -0.15) is 11.3 Å². The van der Waals surface area contributed by atoms with E-state index < -0.39 is 0 Å². The molecular weight excluding hydrogens is 260 g/mol. The molecule has 5 heteroatoms. The van der Waals surface area contributed by atoms with Crippen molar-refractivity contribution in [3.63, 3.8) is 0 Å². The topological polar surface area (TPSA) is 49.4 Å². The Bertz CT molecular complexity index is 442. The van der Waals surface area contributed by atoms with Crippen molar-refractivity contribution in [2.24, 2.45) is 5.92 Å². The zero-order valence-electron chi connectivity index (χ0n) is 11.4. The van der Waals surface area contributed by atoms with E-state index in [-0.39, 0.29) is 23.8 Å². The van der Waals surface area contributed by atoms with Gasteiger partial charge in [0.1, 0.15) is 6.04 Å². The van der Waals surface area contributed by atoms with E-state index in [0.29, 0.717) is 19.5 Å². The van der Waals surface area contributed by atoms with Crippen LogP contribution in [0.2, 0.25) is 0 Å². The maximum absolute atomic E-state index is 12.4. The van der Waals surface area contributed by atoms with E-state index in [9.17, 15) is 9.59 Å². The summed E-state index contributed by atoms with van der Waals surface area (Å²) in [5.41, 5.74) is 1.25. The van der Waals surface area contributed by atoms with Crippen molar-refractivity contribution < 1.29 is 9.59 Å². The lowest BCUT2D eigenvalue weighted by Gasteiger charge is -2.25. The third-order valence-electron chi connectivity index (χ3n) is 3.42. The van der Waals surface area contributed by atoms with Crippen LogP contribution in [0, 0.1) is 5.92 Å². The lowest BCUT2D eigenvalue weighted by molar-refractivity contribution is -0.134. The molecular formula is C14H20N2O2S. The molecule has 1 aromatic rings. The fourth-order valence-electron chi connectivity index (χ4n) is 2.22. The van der Waals surface area contributed by atoms with Crippen molar-refractivity contribution in [2.75, 3.05) is 13.1 Å². The molecule has 2 heterocycles. The summed E-state index contributed by atoms with van der Waals surface area (Å²) in [6, 6.07) is 1.70. The molecule has 2 rings (SSSR count). The van der Waals surface area contributed by atoms with Gasteiger partial charge in [-0.05, 0) is 34.7 Å². The van der Waals surface area contributed by atoms with E-state index in [0.717, 1.165) is 6.42 Å².